The normalized spacial score (nSPS) is 10.2. The van der Waals surface area contributed by atoms with E-state index in [-0.39, 0.29) is 5.91 Å². The molecule has 0 saturated carbocycles. The van der Waals surface area contributed by atoms with E-state index in [0.29, 0.717) is 0 Å². The molecule has 0 radical (unpaired) electrons. The average molecular weight is 227 g/mol. The fraction of sp³-hybridized carbons (Fsp3) is 0. The van der Waals surface area contributed by atoms with E-state index in [4.69, 9.17) is 0 Å². The Labute approximate surface area is 97.4 Å². The lowest BCUT2D eigenvalue weighted by atomic mass is 10.1. The average Bonchev–Trinajstić information content (AvgIpc) is 2.32. The maximum absolute atomic E-state index is 11.4. The van der Waals surface area contributed by atoms with Crippen molar-refractivity contribution in [3.05, 3.63) is 49.1 Å². The summed E-state index contributed by atoms with van der Waals surface area (Å²) in [4.78, 5) is 11.4. The van der Waals surface area contributed by atoms with E-state index in [1.807, 2.05) is 24.3 Å². The number of carbonyl (C=O) groups excluding carboxylic acids is 1. The second kappa shape index (κ2) is 4.33. The maximum Gasteiger partial charge on any atom is 0.247 e. The Morgan fingerprint density at radius 3 is 2.75 bits per heavy atom. The van der Waals surface area contributed by atoms with Crippen molar-refractivity contribution in [2.24, 2.45) is 0 Å². The van der Waals surface area contributed by atoms with Gasteiger partial charge < -0.3 is 5.32 Å². The summed E-state index contributed by atoms with van der Waals surface area (Å²) in [7, 11) is 0.904. The number of hydrogen-bond acceptors (Lipinski definition) is 1. The topological polar surface area (TPSA) is 29.1 Å². The van der Waals surface area contributed by atoms with Crippen LogP contribution in [0.5, 0.6) is 0 Å². The molecule has 16 heavy (non-hydrogen) atoms. The van der Waals surface area contributed by atoms with Crippen molar-refractivity contribution in [2.45, 2.75) is 0 Å². The molecule has 0 unspecified atom stereocenters. The van der Waals surface area contributed by atoms with Crippen LogP contribution in [0.25, 0.3) is 10.8 Å². The van der Waals surface area contributed by atoms with Crippen LogP contribution in [-0.4, -0.2) is 16.1 Å². The van der Waals surface area contributed by atoms with Crippen molar-refractivity contribution >= 4 is 37.8 Å². The van der Waals surface area contributed by atoms with Gasteiger partial charge in [0, 0.05) is 21.3 Å². The lowest BCUT2D eigenvalue weighted by molar-refractivity contribution is -0.111. The fourth-order valence-electron chi connectivity index (χ4n) is 1.72. The third kappa shape index (κ3) is 1.90. The summed E-state index contributed by atoms with van der Waals surface area (Å²) < 4.78 is 0. The third-order valence-corrected chi connectivity index (χ3v) is 3.40. The van der Waals surface area contributed by atoms with Gasteiger partial charge in [0.25, 0.3) is 0 Å². The van der Waals surface area contributed by atoms with Crippen LogP contribution in [0.1, 0.15) is 0 Å². The largest absolute Gasteiger partial charge is 0.322 e. The van der Waals surface area contributed by atoms with Gasteiger partial charge in [0.05, 0.1) is 0 Å². The van der Waals surface area contributed by atoms with Gasteiger partial charge in [0.2, 0.25) is 5.91 Å². The fourth-order valence-corrected chi connectivity index (χ4v) is 2.28. The first-order chi connectivity index (χ1) is 7.72. The first-order valence-electron chi connectivity index (χ1n) is 5.14. The van der Waals surface area contributed by atoms with Gasteiger partial charge in [-0.25, -0.2) is 0 Å². The second-order valence-corrected chi connectivity index (χ2v) is 4.75. The van der Waals surface area contributed by atoms with E-state index in [2.05, 4.69) is 24.0 Å². The summed E-state index contributed by atoms with van der Waals surface area (Å²) in [5.41, 5.74) is 0.926. The molecular weight excluding hydrogens is 214 g/mol. The highest BCUT2D eigenvalue weighted by Gasteiger charge is 2.05. The molecule has 0 aromatic heterocycles. The molecule has 0 bridgehead atoms. The predicted octanol–water partition coefficient (Wildman–Crippen LogP) is 0.955. The third-order valence-electron chi connectivity index (χ3n) is 2.57. The predicted molar refractivity (Wildman–Crippen MR) is 72.3 cm³/mol. The molecule has 0 aliphatic carbocycles. The molecule has 2 nitrogen and oxygen atoms in total. The molecule has 0 spiro atoms. The smallest absolute Gasteiger partial charge is 0.247 e. The molecule has 0 aliphatic heterocycles. The number of rotatable bonds is 2. The molecule has 1 amide bonds. The summed E-state index contributed by atoms with van der Waals surface area (Å²) in [6.07, 6.45) is 1.29. The zero-order chi connectivity index (χ0) is 11.5. The molecule has 3 heteroatoms. The summed E-state index contributed by atoms with van der Waals surface area (Å²) in [6.45, 7) is 3.47. The van der Waals surface area contributed by atoms with Gasteiger partial charge in [-0.15, -0.1) is 0 Å². The monoisotopic (exact) mass is 227 g/mol. The number of anilines is 1. The number of carbonyl (C=O) groups is 1. The van der Waals surface area contributed by atoms with Crippen LogP contribution in [0.4, 0.5) is 5.69 Å². The van der Waals surface area contributed by atoms with E-state index in [9.17, 15) is 4.79 Å². The first kappa shape index (κ1) is 10.6. The van der Waals surface area contributed by atoms with Crippen LogP contribution in [-0.2, 0) is 4.79 Å². The van der Waals surface area contributed by atoms with Crippen LogP contribution in [0.2, 0.25) is 0 Å². The highest BCUT2D eigenvalue weighted by atomic mass is 28.1. The van der Waals surface area contributed by atoms with Crippen LogP contribution in [0, 0.1) is 0 Å². The number of hydrogen-bond donors (Lipinski definition) is 1. The lowest BCUT2D eigenvalue weighted by Crippen LogP contribution is -2.16. The van der Waals surface area contributed by atoms with E-state index in [0.717, 1.165) is 26.7 Å². The first-order valence-corrected chi connectivity index (χ1v) is 6.14. The minimum absolute atomic E-state index is 0.159. The zero-order valence-electron chi connectivity index (χ0n) is 9.16. The van der Waals surface area contributed by atoms with E-state index in [1.54, 1.807) is 0 Å². The van der Waals surface area contributed by atoms with E-state index < -0.39 is 0 Å². The quantitative estimate of drug-likeness (QED) is 0.601. The van der Waals surface area contributed by atoms with Gasteiger partial charge in [-0.2, -0.15) is 0 Å². The summed E-state index contributed by atoms with van der Waals surface area (Å²) in [5.74, 6) is -0.159. The van der Waals surface area contributed by atoms with E-state index in [1.165, 1.54) is 11.3 Å². The van der Waals surface area contributed by atoms with Gasteiger partial charge in [0.15, 0.2) is 0 Å². The molecule has 0 heterocycles. The second-order valence-electron chi connectivity index (χ2n) is 3.67. The van der Waals surface area contributed by atoms with Crippen LogP contribution in [0.3, 0.4) is 0 Å². The minimum atomic E-state index is -0.159. The molecule has 0 saturated heterocycles. The van der Waals surface area contributed by atoms with Crippen LogP contribution in [0.15, 0.2) is 49.1 Å². The van der Waals surface area contributed by atoms with Crippen molar-refractivity contribution in [2.75, 3.05) is 5.32 Å². The number of nitrogens with one attached hydrogen (secondary N) is 1. The van der Waals surface area contributed by atoms with Crippen molar-refractivity contribution in [3.63, 3.8) is 0 Å². The zero-order valence-corrected chi connectivity index (χ0v) is 11.2. The molecule has 2 aromatic rings. The van der Waals surface area contributed by atoms with Crippen LogP contribution >= 0.6 is 0 Å². The lowest BCUT2D eigenvalue weighted by Gasteiger charge is -2.10. The molecular formula is C13H13NOSi. The number of fused-ring (bicyclic) bond motifs is 1. The molecule has 0 aliphatic rings. The van der Waals surface area contributed by atoms with Crippen molar-refractivity contribution < 1.29 is 4.79 Å². The molecule has 0 fully saturated rings. The van der Waals surface area contributed by atoms with Gasteiger partial charge in [0.1, 0.15) is 0 Å². The van der Waals surface area contributed by atoms with Gasteiger partial charge >= 0.3 is 0 Å². The molecule has 2 aromatic carbocycles. The summed E-state index contributed by atoms with van der Waals surface area (Å²) >= 11 is 0. The molecule has 2 rings (SSSR count). The highest BCUT2D eigenvalue weighted by Crippen LogP contribution is 2.20. The van der Waals surface area contributed by atoms with Gasteiger partial charge in [-0.3, -0.25) is 4.79 Å². The van der Waals surface area contributed by atoms with Crippen molar-refractivity contribution in [1.82, 2.24) is 0 Å². The summed E-state index contributed by atoms with van der Waals surface area (Å²) in [5, 5.41) is 6.30. The minimum Gasteiger partial charge on any atom is -0.322 e. The van der Waals surface area contributed by atoms with Crippen LogP contribution < -0.4 is 10.5 Å². The number of benzene rings is 2. The van der Waals surface area contributed by atoms with Gasteiger partial charge in [-0.05, 0) is 16.6 Å². The molecule has 1 N–H and O–H groups in total. The Morgan fingerprint density at radius 2 is 2.00 bits per heavy atom. The van der Waals surface area contributed by atoms with E-state index >= 15 is 0 Å². The van der Waals surface area contributed by atoms with Crippen molar-refractivity contribution in [3.8, 4) is 0 Å². The highest BCUT2D eigenvalue weighted by molar-refractivity contribution is 6.38. The standard InChI is InChI=1S/C13H13NOSi/c1-2-12(15)14-13-10-6-4-3-5-9(10)7-8-11(13)16/h2-8H,1H2,16H3,(H,14,15). The maximum atomic E-state index is 11.4. The molecule has 0 atom stereocenters. The Kier molecular flexibility index (Phi) is 2.88. The van der Waals surface area contributed by atoms with Gasteiger partial charge in [-0.1, -0.05) is 43.0 Å². The Morgan fingerprint density at radius 1 is 1.25 bits per heavy atom. The summed E-state index contributed by atoms with van der Waals surface area (Å²) in [6, 6.07) is 12.2. The van der Waals surface area contributed by atoms with Crippen molar-refractivity contribution in [1.29, 1.82) is 0 Å². The SMILES string of the molecule is C=CC(=O)Nc1c([SiH3])ccc2ccccc12. The Balaban J connectivity index is 2.61. The Hall–Kier alpha value is -1.87. The Bertz CT molecular complexity index is 563. The number of amides is 1. The molecule has 80 valence electrons.